The van der Waals surface area contributed by atoms with Gasteiger partial charge in [-0.2, -0.15) is 5.10 Å². The van der Waals surface area contributed by atoms with E-state index in [2.05, 4.69) is 40.9 Å². The zero-order valence-corrected chi connectivity index (χ0v) is 15.4. The molecule has 6 heteroatoms. The van der Waals surface area contributed by atoms with Crippen molar-refractivity contribution in [1.29, 1.82) is 0 Å². The van der Waals surface area contributed by atoms with Gasteiger partial charge in [0.15, 0.2) is 0 Å². The zero-order chi connectivity index (χ0) is 18.1. The smallest absolute Gasteiger partial charge is 0.225 e. The molecule has 0 saturated carbocycles. The van der Waals surface area contributed by atoms with Crippen LogP contribution in [0.1, 0.15) is 42.0 Å². The Morgan fingerprint density at radius 3 is 3.08 bits per heavy atom. The Balaban J connectivity index is 1.52. The number of carbonyl (C=O) groups is 1. The second-order valence-corrected chi connectivity index (χ2v) is 7.21. The minimum Gasteiger partial charge on any atom is -0.493 e. The van der Waals surface area contributed by atoms with E-state index in [4.69, 9.17) is 4.74 Å². The molecule has 1 saturated heterocycles. The van der Waals surface area contributed by atoms with Gasteiger partial charge in [0, 0.05) is 44.2 Å². The lowest BCUT2D eigenvalue weighted by Gasteiger charge is -2.29. The molecule has 1 unspecified atom stereocenters. The van der Waals surface area contributed by atoms with Gasteiger partial charge in [-0.05, 0) is 17.5 Å². The van der Waals surface area contributed by atoms with E-state index in [1.165, 1.54) is 5.56 Å². The number of carbonyl (C=O) groups excluding carboxylic acids is 1. The molecule has 0 bridgehead atoms. The summed E-state index contributed by atoms with van der Waals surface area (Å²) in [6.07, 6.45) is 5.62. The molecule has 1 aromatic carbocycles. The third kappa shape index (κ3) is 3.09. The monoisotopic (exact) mass is 354 g/mol. The normalized spacial score (nSPS) is 24.8. The zero-order valence-electron chi connectivity index (χ0n) is 15.4. The molecule has 1 aromatic heterocycles. The van der Waals surface area contributed by atoms with E-state index in [0.717, 1.165) is 36.3 Å². The molecular formula is C20H26N4O2. The van der Waals surface area contributed by atoms with Crippen LogP contribution in [0.2, 0.25) is 0 Å². The first-order valence-electron chi connectivity index (χ1n) is 9.41. The Kier molecular flexibility index (Phi) is 4.68. The van der Waals surface area contributed by atoms with Crippen molar-refractivity contribution in [3.05, 3.63) is 47.3 Å². The van der Waals surface area contributed by atoms with Gasteiger partial charge in [0.1, 0.15) is 5.75 Å². The van der Waals surface area contributed by atoms with Crippen LogP contribution >= 0.6 is 0 Å². The summed E-state index contributed by atoms with van der Waals surface area (Å²) in [6, 6.07) is 6.25. The molecule has 0 radical (unpaired) electrons. The summed E-state index contributed by atoms with van der Waals surface area (Å²) >= 11 is 0. The van der Waals surface area contributed by atoms with Gasteiger partial charge < -0.3 is 15.4 Å². The highest BCUT2D eigenvalue weighted by Gasteiger charge is 2.36. The number of para-hydroxylation sites is 1. The van der Waals surface area contributed by atoms with Crippen LogP contribution < -0.4 is 15.4 Å². The summed E-state index contributed by atoms with van der Waals surface area (Å²) in [5.41, 5.74) is 3.43. The second-order valence-electron chi connectivity index (χ2n) is 7.21. The summed E-state index contributed by atoms with van der Waals surface area (Å²) in [5.74, 6) is 1.17. The SMILES string of the molecule is CCc1cccc2c1OCCC2NC(=O)[C@H]1CNC[C@@H]1c1cnn(C)c1. The molecule has 0 spiro atoms. The minimum absolute atomic E-state index is 0.0212. The third-order valence-electron chi connectivity index (χ3n) is 5.56. The number of amides is 1. The molecule has 3 atom stereocenters. The van der Waals surface area contributed by atoms with Gasteiger partial charge in [-0.25, -0.2) is 0 Å². The Labute approximate surface area is 153 Å². The number of aryl methyl sites for hydroxylation is 2. The van der Waals surface area contributed by atoms with Crippen molar-refractivity contribution in [3.8, 4) is 5.75 Å². The molecule has 0 aliphatic carbocycles. The molecule has 3 heterocycles. The Bertz CT molecular complexity index is 801. The van der Waals surface area contributed by atoms with E-state index < -0.39 is 0 Å². The maximum Gasteiger partial charge on any atom is 0.225 e. The summed E-state index contributed by atoms with van der Waals surface area (Å²) in [4.78, 5) is 13.0. The van der Waals surface area contributed by atoms with E-state index >= 15 is 0 Å². The highest BCUT2D eigenvalue weighted by Crippen LogP contribution is 2.36. The number of fused-ring (bicyclic) bond motifs is 1. The third-order valence-corrected chi connectivity index (χ3v) is 5.56. The number of rotatable bonds is 4. The van der Waals surface area contributed by atoms with Crippen LogP contribution in [0.15, 0.2) is 30.6 Å². The van der Waals surface area contributed by atoms with Gasteiger partial charge in [0.2, 0.25) is 5.91 Å². The van der Waals surface area contributed by atoms with Gasteiger partial charge >= 0.3 is 0 Å². The van der Waals surface area contributed by atoms with Gasteiger partial charge in [0.05, 0.1) is 24.8 Å². The van der Waals surface area contributed by atoms with E-state index in [1.807, 2.05) is 19.4 Å². The van der Waals surface area contributed by atoms with Gasteiger partial charge in [-0.3, -0.25) is 9.48 Å². The number of nitrogens with zero attached hydrogens (tertiary/aromatic N) is 2. The first-order chi connectivity index (χ1) is 12.7. The molecule has 1 amide bonds. The van der Waals surface area contributed by atoms with Crippen molar-refractivity contribution in [1.82, 2.24) is 20.4 Å². The fourth-order valence-corrected chi connectivity index (χ4v) is 4.13. The Morgan fingerprint density at radius 2 is 2.31 bits per heavy atom. The standard InChI is InChI=1S/C20H26N4O2/c1-3-13-5-4-6-15-18(7-8-26-19(13)15)23-20(25)17-11-21-10-16(17)14-9-22-24(2)12-14/h4-6,9,12,16-18,21H,3,7-8,10-11H2,1-2H3,(H,23,25)/t16-,17+,18?/m1/s1. The van der Waals surface area contributed by atoms with E-state index in [0.29, 0.717) is 13.2 Å². The van der Waals surface area contributed by atoms with Crippen molar-refractivity contribution in [2.75, 3.05) is 19.7 Å². The average molecular weight is 354 g/mol. The van der Waals surface area contributed by atoms with Crippen LogP contribution in [0.4, 0.5) is 0 Å². The first-order valence-corrected chi connectivity index (χ1v) is 9.41. The van der Waals surface area contributed by atoms with Crippen LogP contribution in [0, 0.1) is 5.92 Å². The summed E-state index contributed by atoms with van der Waals surface area (Å²) in [7, 11) is 1.91. The molecule has 2 aliphatic heterocycles. The van der Waals surface area contributed by atoms with Crippen LogP contribution in [0.25, 0.3) is 0 Å². The predicted octanol–water partition coefficient (Wildman–Crippen LogP) is 1.93. The maximum atomic E-state index is 13.0. The molecule has 4 rings (SSSR count). The molecule has 2 aromatic rings. The van der Waals surface area contributed by atoms with Crippen LogP contribution in [-0.4, -0.2) is 35.4 Å². The van der Waals surface area contributed by atoms with E-state index in [-0.39, 0.29) is 23.8 Å². The highest BCUT2D eigenvalue weighted by atomic mass is 16.5. The summed E-state index contributed by atoms with van der Waals surface area (Å²) < 4.78 is 7.70. The summed E-state index contributed by atoms with van der Waals surface area (Å²) in [5, 5.41) is 10.9. The fraction of sp³-hybridized carbons (Fsp3) is 0.500. The Hall–Kier alpha value is -2.34. The number of nitrogens with one attached hydrogen (secondary N) is 2. The predicted molar refractivity (Wildman–Crippen MR) is 99.1 cm³/mol. The molecular weight excluding hydrogens is 328 g/mol. The first kappa shape index (κ1) is 17.1. The van der Waals surface area contributed by atoms with Crippen LogP contribution in [0.5, 0.6) is 5.75 Å². The van der Waals surface area contributed by atoms with Gasteiger partial charge in [-0.1, -0.05) is 25.1 Å². The van der Waals surface area contributed by atoms with Crippen molar-refractivity contribution in [2.45, 2.75) is 31.7 Å². The number of hydrogen-bond donors (Lipinski definition) is 2. The number of ether oxygens (including phenoxy) is 1. The van der Waals surface area contributed by atoms with Crippen molar-refractivity contribution in [2.24, 2.45) is 13.0 Å². The fourth-order valence-electron chi connectivity index (χ4n) is 4.13. The van der Waals surface area contributed by atoms with Crippen LogP contribution in [0.3, 0.4) is 0 Å². The largest absolute Gasteiger partial charge is 0.493 e. The number of benzene rings is 1. The highest BCUT2D eigenvalue weighted by molar-refractivity contribution is 5.81. The quantitative estimate of drug-likeness (QED) is 0.880. The molecule has 138 valence electrons. The molecule has 6 nitrogen and oxygen atoms in total. The lowest BCUT2D eigenvalue weighted by atomic mass is 9.89. The van der Waals surface area contributed by atoms with E-state index in [9.17, 15) is 4.79 Å². The molecule has 1 fully saturated rings. The van der Waals surface area contributed by atoms with Crippen molar-refractivity contribution in [3.63, 3.8) is 0 Å². The topological polar surface area (TPSA) is 68.2 Å². The number of aromatic nitrogens is 2. The second kappa shape index (κ2) is 7.11. The molecule has 2 N–H and O–H groups in total. The number of hydrogen-bond acceptors (Lipinski definition) is 4. The van der Waals surface area contributed by atoms with Crippen molar-refractivity contribution < 1.29 is 9.53 Å². The lowest BCUT2D eigenvalue weighted by molar-refractivity contribution is -0.125. The van der Waals surface area contributed by atoms with Gasteiger partial charge in [-0.15, -0.1) is 0 Å². The maximum absolute atomic E-state index is 13.0. The summed E-state index contributed by atoms with van der Waals surface area (Å²) in [6.45, 7) is 4.29. The van der Waals surface area contributed by atoms with Gasteiger partial charge in [0.25, 0.3) is 0 Å². The average Bonchev–Trinajstić information content (AvgIpc) is 3.30. The van der Waals surface area contributed by atoms with Crippen LogP contribution in [-0.2, 0) is 18.3 Å². The van der Waals surface area contributed by atoms with Crippen molar-refractivity contribution >= 4 is 5.91 Å². The Morgan fingerprint density at radius 1 is 1.42 bits per heavy atom. The minimum atomic E-state index is -0.0696. The van der Waals surface area contributed by atoms with E-state index in [1.54, 1.807) is 4.68 Å². The lowest BCUT2D eigenvalue weighted by Crippen LogP contribution is -2.38. The molecule has 2 aliphatic rings. The molecule has 26 heavy (non-hydrogen) atoms.